The predicted octanol–water partition coefficient (Wildman–Crippen LogP) is 5.11. The van der Waals surface area contributed by atoms with Crippen LogP contribution in [0, 0.1) is 0 Å². The average Bonchev–Trinajstić information content (AvgIpc) is 2.77. The van der Waals surface area contributed by atoms with Crippen molar-refractivity contribution in [3.8, 4) is 5.69 Å². The van der Waals surface area contributed by atoms with Crippen LogP contribution in [-0.2, 0) is 6.42 Å². The number of alkyl halides is 1. The molecule has 0 unspecified atom stereocenters. The number of nitrogens with zero attached hydrogens (tertiary/aromatic N) is 2. The zero-order chi connectivity index (χ0) is 14.1. The van der Waals surface area contributed by atoms with Crippen molar-refractivity contribution >= 4 is 45.8 Å². The lowest BCUT2D eigenvalue weighted by atomic mass is 10.2. The summed E-state index contributed by atoms with van der Waals surface area (Å²) in [6.07, 6.45) is 0.666. The summed E-state index contributed by atoms with van der Waals surface area (Å²) < 4.78 is 2.02. The van der Waals surface area contributed by atoms with Gasteiger partial charge in [0, 0.05) is 17.3 Å². The molecule has 1 heterocycles. The number of para-hydroxylation sites is 1. The van der Waals surface area contributed by atoms with Gasteiger partial charge in [-0.05, 0) is 30.3 Å². The van der Waals surface area contributed by atoms with Gasteiger partial charge < -0.3 is 0 Å². The van der Waals surface area contributed by atoms with Crippen LogP contribution in [0.25, 0.3) is 16.7 Å². The molecule has 0 bridgehead atoms. The fraction of sp³-hybridized carbons (Fsp3) is 0.133. The van der Waals surface area contributed by atoms with Crippen LogP contribution in [0.1, 0.15) is 5.82 Å². The molecule has 2 nitrogen and oxygen atoms in total. The summed E-state index contributed by atoms with van der Waals surface area (Å²) in [7, 11) is 0. The van der Waals surface area contributed by atoms with E-state index in [2.05, 4.69) is 4.98 Å². The van der Waals surface area contributed by atoms with Crippen molar-refractivity contribution < 1.29 is 0 Å². The summed E-state index contributed by atoms with van der Waals surface area (Å²) in [4.78, 5) is 4.62. The highest BCUT2D eigenvalue weighted by atomic mass is 35.5. The highest BCUT2D eigenvalue weighted by molar-refractivity contribution is 6.32. The number of benzene rings is 2. The number of fused-ring (bicyclic) bond motifs is 1. The minimum atomic E-state index is 0.501. The standard InChI is InChI=1S/C15H11Cl3N2/c16-8-7-15-19-12-6-5-10(17)9-14(12)20(15)13-4-2-1-3-11(13)18/h1-6,9H,7-8H2. The van der Waals surface area contributed by atoms with Crippen LogP contribution in [0.5, 0.6) is 0 Å². The van der Waals surface area contributed by atoms with E-state index in [0.29, 0.717) is 22.3 Å². The summed E-state index contributed by atoms with van der Waals surface area (Å²) in [6, 6.07) is 13.3. The summed E-state index contributed by atoms with van der Waals surface area (Å²) >= 11 is 18.3. The maximum Gasteiger partial charge on any atom is 0.115 e. The van der Waals surface area contributed by atoms with Crippen molar-refractivity contribution in [1.29, 1.82) is 0 Å². The molecule has 0 aliphatic heterocycles. The topological polar surface area (TPSA) is 17.8 Å². The summed E-state index contributed by atoms with van der Waals surface area (Å²) in [6.45, 7) is 0. The summed E-state index contributed by atoms with van der Waals surface area (Å²) in [5, 5.41) is 1.34. The molecule has 102 valence electrons. The normalized spacial score (nSPS) is 11.2. The van der Waals surface area contributed by atoms with Gasteiger partial charge in [0.25, 0.3) is 0 Å². The van der Waals surface area contributed by atoms with Crippen LogP contribution in [-0.4, -0.2) is 15.4 Å². The lowest BCUT2D eigenvalue weighted by Crippen LogP contribution is -2.02. The van der Waals surface area contributed by atoms with Crippen LogP contribution in [0.15, 0.2) is 42.5 Å². The molecule has 0 radical (unpaired) electrons. The minimum absolute atomic E-state index is 0.501. The number of halogens is 3. The molecule has 0 N–H and O–H groups in total. The first-order chi connectivity index (χ1) is 9.70. The molecule has 3 rings (SSSR count). The van der Waals surface area contributed by atoms with Crippen molar-refractivity contribution in [1.82, 2.24) is 9.55 Å². The Morgan fingerprint density at radius 3 is 2.60 bits per heavy atom. The smallest absolute Gasteiger partial charge is 0.115 e. The monoisotopic (exact) mass is 324 g/mol. The van der Waals surface area contributed by atoms with Gasteiger partial charge in [0.1, 0.15) is 5.82 Å². The second-order valence-corrected chi connectivity index (χ2v) is 5.61. The van der Waals surface area contributed by atoms with Crippen molar-refractivity contribution in [2.45, 2.75) is 6.42 Å². The number of hydrogen-bond donors (Lipinski definition) is 0. The zero-order valence-corrected chi connectivity index (χ0v) is 12.8. The zero-order valence-electron chi connectivity index (χ0n) is 10.5. The maximum atomic E-state index is 6.31. The van der Waals surface area contributed by atoms with Crippen LogP contribution in [0.2, 0.25) is 10.0 Å². The molecule has 0 atom stereocenters. The molecule has 0 amide bonds. The molecule has 1 aromatic heterocycles. The molecule has 0 aliphatic carbocycles. The van der Waals surface area contributed by atoms with Crippen LogP contribution < -0.4 is 0 Å². The quantitative estimate of drug-likeness (QED) is 0.612. The molecule has 3 aromatic rings. The number of aromatic nitrogens is 2. The van der Waals surface area contributed by atoms with E-state index >= 15 is 0 Å². The van der Waals surface area contributed by atoms with Gasteiger partial charge in [0.15, 0.2) is 0 Å². The van der Waals surface area contributed by atoms with Crippen LogP contribution in [0.4, 0.5) is 0 Å². The first-order valence-corrected chi connectivity index (χ1v) is 7.47. The van der Waals surface area contributed by atoms with Gasteiger partial charge in [0.05, 0.1) is 21.7 Å². The molecule has 5 heteroatoms. The minimum Gasteiger partial charge on any atom is -0.295 e. The third kappa shape index (κ3) is 2.39. The Labute approximate surface area is 131 Å². The third-order valence-corrected chi connectivity index (χ3v) is 3.84. The number of rotatable bonds is 3. The average molecular weight is 326 g/mol. The molecule has 0 fully saturated rings. The van der Waals surface area contributed by atoms with E-state index in [0.717, 1.165) is 22.5 Å². The molecular weight excluding hydrogens is 315 g/mol. The largest absolute Gasteiger partial charge is 0.295 e. The van der Waals surface area contributed by atoms with E-state index in [1.165, 1.54) is 0 Å². The van der Waals surface area contributed by atoms with Gasteiger partial charge >= 0.3 is 0 Å². The Kier molecular flexibility index (Phi) is 3.88. The van der Waals surface area contributed by atoms with E-state index < -0.39 is 0 Å². The van der Waals surface area contributed by atoms with Crippen LogP contribution >= 0.6 is 34.8 Å². The lowest BCUT2D eigenvalue weighted by Gasteiger charge is -2.10. The van der Waals surface area contributed by atoms with Gasteiger partial charge in [0.2, 0.25) is 0 Å². The van der Waals surface area contributed by atoms with Crippen molar-refractivity contribution in [3.05, 3.63) is 58.3 Å². The summed E-state index contributed by atoms with van der Waals surface area (Å²) in [5.41, 5.74) is 2.71. The van der Waals surface area contributed by atoms with Gasteiger partial charge in [-0.1, -0.05) is 35.3 Å². The molecule has 0 aliphatic rings. The Morgan fingerprint density at radius 2 is 1.85 bits per heavy atom. The fourth-order valence-electron chi connectivity index (χ4n) is 2.25. The van der Waals surface area contributed by atoms with E-state index in [1.807, 2.05) is 47.0 Å². The fourth-order valence-corrected chi connectivity index (χ4v) is 2.81. The molecule has 0 spiro atoms. The number of aryl methyl sites for hydroxylation is 1. The Morgan fingerprint density at radius 1 is 1.05 bits per heavy atom. The predicted molar refractivity (Wildman–Crippen MR) is 85.5 cm³/mol. The lowest BCUT2D eigenvalue weighted by molar-refractivity contribution is 0.912. The molecule has 0 saturated heterocycles. The Balaban J connectivity index is 2.34. The molecule has 20 heavy (non-hydrogen) atoms. The number of hydrogen-bond acceptors (Lipinski definition) is 1. The first kappa shape index (κ1) is 13.7. The van der Waals surface area contributed by atoms with Gasteiger partial charge in [-0.2, -0.15) is 0 Å². The molecule has 2 aromatic carbocycles. The van der Waals surface area contributed by atoms with Crippen molar-refractivity contribution in [2.24, 2.45) is 0 Å². The first-order valence-electron chi connectivity index (χ1n) is 6.18. The SMILES string of the molecule is ClCCc1nc2ccc(Cl)cc2n1-c1ccccc1Cl. The van der Waals surface area contributed by atoms with Gasteiger partial charge in [-0.3, -0.25) is 4.57 Å². The molecule has 0 saturated carbocycles. The highest BCUT2D eigenvalue weighted by Gasteiger charge is 2.14. The highest BCUT2D eigenvalue weighted by Crippen LogP contribution is 2.28. The van der Waals surface area contributed by atoms with Gasteiger partial charge in [-0.25, -0.2) is 4.98 Å². The van der Waals surface area contributed by atoms with Crippen molar-refractivity contribution in [3.63, 3.8) is 0 Å². The molecular formula is C15H11Cl3N2. The second kappa shape index (κ2) is 5.65. The van der Waals surface area contributed by atoms with Gasteiger partial charge in [-0.15, -0.1) is 11.6 Å². The number of imidazole rings is 1. The summed E-state index contributed by atoms with van der Waals surface area (Å²) in [5.74, 6) is 1.38. The Hall–Kier alpha value is -1.22. The second-order valence-electron chi connectivity index (χ2n) is 4.39. The maximum absolute atomic E-state index is 6.31. The Bertz CT molecular complexity index is 765. The van der Waals surface area contributed by atoms with Crippen LogP contribution in [0.3, 0.4) is 0 Å². The van der Waals surface area contributed by atoms with Crippen molar-refractivity contribution in [2.75, 3.05) is 5.88 Å². The van der Waals surface area contributed by atoms with E-state index in [-0.39, 0.29) is 0 Å². The third-order valence-electron chi connectivity index (χ3n) is 3.10. The van der Waals surface area contributed by atoms with E-state index in [4.69, 9.17) is 34.8 Å². The van der Waals surface area contributed by atoms with E-state index in [1.54, 1.807) is 0 Å². The van der Waals surface area contributed by atoms with E-state index in [9.17, 15) is 0 Å².